The van der Waals surface area contributed by atoms with Crippen molar-refractivity contribution in [2.45, 2.75) is 47.5 Å². The summed E-state index contributed by atoms with van der Waals surface area (Å²) in [5, 5.41) is 0. The number of rotatable bonds is 5. The molecule has 1 aromatic heterocycles. The van der Waals surface area contributed by atoms with Gasteiger partial charge in [0.25, 0.3) is 16.1 Å². The van der Waals surface area contributed by atoms with Crippen LogP contribution in [0.2, 0.25) is 0 Å². The molecule has 2 heterocycles. The Labute approximate surface area is 173 Å². The molecule has 0 unspecified atom stereocenters. The normalized spacial score (nSPS) is 20.2. The molecule has 1 N–H and O–H groups in total. The number of nitrogens with zero attached hydrogens (tertiary/aromatic N) is 3. The number of piperazine rings is 1. The highest BCUT2D eigenvalue weighted by molar-refractivity contribution is 7.86. The number of nitrogens with one attached hydrogen (secondary N) is 1. The zero-order valence-electron chi connectivity index (χ0n) is 18.0. The maximum absolute atomic E-state index is 13.1. The highest BCUT2D eigenvalue weighted by Crippen LogP contribution is 2.37. The fraction of sp³-hybridized carbons (Fsp3) is 0.700. The van der Waals surface area contributed by atoms with Gasteiger partial charge in [-0.1, -0.05) is 27.7 Å². The van der Waals surface area contributed by atoms with Crippen LogP contribution in [0.4, 0.5) is 0 Å². The molecular formula is C20H32N4O4S. The number of H-pyrrole nitrogens is 1. The summed E-state index contributed by atoms with van der Waals surface area (Å²) in [7, 11) is -3.49. The molecule has 0 atom stereocenters. The van der Waals surface area contributed by atoms with E-state index in [1.807, 2.05) is 20.8 Å². The van der Waals surface area contributed by atoms with Gasteiger partial charge in [-0.05, 0) is 24.3 Å². The molecule has 1 fully saturated rings. The Balaban J connectivity index is 1.75. The Hall–Kier alpha value is -1.71. The summed E-state index contributed by atoms with van der Waals surface area (Å²) in [6.07, 6.45) is 1.21. The highest BCUT2D eigenvalue weighted by Gasteiger charge is 2.37. The molecule has 162 valence electrons. The zero-order valence-corrected chi connectivity index (χ0v) is 18.9. The van der Waals surface area contributed by atoms with Crippen molar-refractivity contribution >= 4 is 21.9 Å². The lowest BCUT2D eigenvalue weighted by Gasteiger charge is -2.36. The van der Waals surface area contributed by atoms with Crippen LogP contribution in [-0.2, 0) is 16.6 Å². The predicted molar refractivity (Wildman–Crippen MR) is 111 cm³/mol. The van der Waals surface area contributed by atoms with Gasteiger partial charge in [0.2, 0.25) is 0 Å². The molecule has 1 aromatic rings. The molecule has 0 bridgehead atoms. The zero-order chi connectivity index (χ0) is 21.6. The Kier molecular flexibility index (Phi) is 5.95. The molecule has 29 heavy (non-hydrogen) atoms. The lowest BCUT2D eigenvalue weighted by atomic mass is 9.75. The number of amides is 1. The van der Waals surface area contributed by atoms with Gasteiger partial charge in [-0.15, -0.1) is 0 Å². The van der Waals surface area contributed by atoms with E-state index in [0.717, 1.165) is 12.1 Å². The summed E-state index contributed by atoms with van der Waals surface area (Å²) in [5.74, 6) is -0.0819. The van der Waals surface area contributed by atoms with Crippen LogP contribution in [-0.4, -0.2) is 77.9 Å². The SMILES string of the molecule is CCN(CC)S(=O)(=O)N1CCN(C(=O)c2[nH]c3c(c2C)C(=O)CC(C)(C)C3)CC1. The number of aromatic nitrogens is 1. The molecule has 0 radical (unpaired) electrons. The first kappa shape index (κ1) is 22.0. The maximum atomic E-state index is 13.1. The Morgan fingerprint density at radius 3 is 2.24 bits per heavy atom. The first-order chi connectivity index (χ1) is 13.5. The van der Waals surface area contributed by atoms with Crippen LogP contribution >= 0.6 is 0 Å². The van der Waals surface area contributed by atoms with Crippen LogP contribution in [0, 0.1) is 12.3 Å². The Morgan fingerprint density at radius 2 is 1.69 bits per heavy atom. The standard InChI is InChI=1S/C20H32N4O4S/c1-6-23(7-2)29(27,28)24-10-8-22(9-11-24)19(26)18-14(3)17-15(21-18)12-20(4,5)13-16(17)25/h21H,6-13H2,1-5H3. The molecule has 1 aliphatic heterocycles. The number of hydrogen-bond donors (Lipinski definition) is 1. The third kappa shape index (κ3) is 4.00. The van der Waals surface area contributed by atoms with Gasteiger partial charge >= 0.3 is 0 Å². The van der Waals surface area contributed by atoms with E-state index in [1.165, 1.54) is 8.61 Å². The molecule has 1 saturated heterocycles. The summed E-state index contributed by atoms with van der Waals surface area (Å²) >= 11 is 0. The number of carbonyl (C=O) groups is 2. The average Bonchev–Trinajstić information content (AvgIpc) is 2.97. The van der Waals surface area contributed by atoms with Crippen molar-refractivity contribution in [2.75, 3.05) is 39.3 Å². The third-order valence-electron chi connectivity index (χ3n) is 6.00. The summed E-state index contributed by atoms with van der Waals surface area (Å²) in [5.41, 5.74) is 2.56. The van der Waals surface area contributed by atoms with Gasteiger partial charge in [0.1, 0.15) is 5.69 Å². The molecule has 0 aromatic carbocycles. The lowest BCUT2D eigenvalue weighted by molar-refractivity contribution is 0.0688. The van der Waals surface area contributed by atoms with Gasteiger partial charge in [0.15, 0.2) is 5.78 Å². The van der Waals surface area contributed by atoms with E-state index in [1.54, 1.807) is 4.90 Å². The second-order valence-corrected chi connectivity index (χ2v) is 10.6. The molecule has 1 aliphatic carbocycles. The topological polar surface area (TPSA) is 93.8 Å². The van der Waals surface area contributed by atoms with E-state index in [2.05, 4.69) is 18.8 Å². The molecule has 1 amide bonds. The molecule has 3 rings (SSSR count). The molecular weight excluding hydrogens is 392 g/mol. The summed E-state index contributed by atoms with van der Waals surface area (Å²) < 4.78 is 28.2. The van der Waals surface area contributed by atoms with Crippen LogP contribution < -0.4 is 0 Å². The molecule has 0 spiro atoms. The fourth-order valence-electron chi connectivity index (χ4n) is 4.44. The van der Waals surface area contributed by atoms with Gasteiger partial charge in [0, 0.05) is 56.9 Å². The predicted octanol–water partition coefficient (Wildman–Crippen LogP) is 1.82. The number of hydrogen-bond acceptors (Lipinski definition) is 4. The number of ketones is 1. The molecule has 8 nitrogen and oxygen atoms in total. The minimum atomic E-state index is -3.49. The van der Waals surface area contributed by atoms with E-state index in [4.69, 9.17) is 0 Å². The van der Waals surface area contributed by atoms with E-state index >= 15 is 0 Å². The van der Waals surface area contributed by atoms with Gasteiger partial charge in [-0.3, -0.25) is 9.59 Å². The number of fused-ring (bicyclic) bond motifs is 1. The van der Waals surface area contributed by atoms with Crippen molar-refractivity contribution in [2.24, 2.45) is 5.41 Å². The fourth-order valence-corrected chi connectivity index (χ4v) is 6.04. The smallest absolute Gasteiger partial charge is 0.282 e. The van der Waals surface area contributed by atoms with Gasteiger partial charge in [-0.2, -0.15) is 17.0 Å². The highest BCUT2D eigenvalue weighted by atomic mass is 32.2. The second kappa shape index (κ2) is 7.85. The second-order valence-electron chi connectivity index (χ2n) is 8.70. The summed E-state index contributed by atoms with van der Waals surface area (Å²) in [4.78, 5) is 30.6. The van der Waals surface area contributed by atoms with Crippen molar-refractivity contribution in [3.8, 4) is 0 Å². The Bertz CT molecular complexity index is 907. The third-order valence-corrected chi connectivity index (χ3v) is 8.19. The van der Waals surface area contributed by atoms with Crippen LogP contribution in [0.3, 0.4) is 0 Å². The number of carbonyl (C=O) groups excluding carboxylic acids is 2. The molecule has 0 saturated carbocycles. The summed E-state index contributed by atoms with van der Waals surface area (Å²) in [6.45, 7) is 11.6. The van der Waals surface area contributed by atoms with Crippen molar-refractivity contribution in [1.82, 2.24) is 18.5 Å². The minimum absolute atomic E-state index is 0.0826. The van der Waals surface area contributed by atoms with E-state index < -0.39 is 10.2 Å². The van der Waals surface area contributed by atoms with Crippen LogP contribution in [0.25, 0.3) is 0 Å². The minimum Gasteiger partial charge on any atom is -0.354 e. The van der Waals surface area contributed by atoms with Gasteiger partial charge in [0.05, 0.1) is 0 Å². The van der Waals surface area contributed by atoms with E-state index in [9.17, 15) is 18.0 Å². The maximum Gasteiger partial charge on any atom is 0.282 e. The van der Waals surface area contributed by atoms with Crippen molar-refractivity contribution in [1.29, 1.82) is 0 Å². The van der Waals surface area contributed by atoms with Crippen LogP contribution in [0.15, 0.2) is 0 Å². The largest absolute Gasteiger partial charge is 0.354 e. The van der Waals surface area contributed by atoms with Crippen LogP contribution in [0.5, 0.6) is 0 Å². The average molecular weight is 425 g/mol. The van der Waals surface area contributed by atoms with Gasteiger partial charge < -0.3 is 9.88 Å². The first-order valence-corrected chi connectivity index (χ1v) is 11.7. The Morgan fingerprint density at radius 1 is 1.10 bits per heavy atom. The van der Waals surface area contributed by atoms with E-state index in [0.29, 0.717) is 49.4 Å². The van der Waals surface area contributed by atoms with Crippen molar-refractivity contribution in [3.05, 3.63) is 22.5 Å². The van der Waals surface area contributed by atoms with Crippen molar-refractivity contribution < 1.29 is 18.0 Å². The molecule has 9 heteroatoms. The number of Topliss-reactive ketones (excluding diaryl/α,β-unsaturated/α-hetero) is 1. The number of aromatic amines is 1. The summed E-state index contributed by atoms with van der Waals surface area (Å²) in [6, 6.07) is 0. The monoisotopic (exact) mass is 424 g/mol. The van der Waals surface area contributed by atoms with Crippen LogP contribution in [0.1, 0.15) is 66.2 Å². The molecule has 2 aliphatic rings. The quantitative estimate of drug-likeness (QED) is 0.780. The van der Waals surface area contributed by atoms with E-state index in [-0.39, 0.29) is 30.2 Å². The lowest BCUT2D eigenvalue weighted by Crippen LogP contribution is -2.54. The van der Waals surface area contributed by atoms with Crippen molar-refractivity contribution in [3.63, 3.8) is 0 Å². The van der Waals surface area contributed by atoms with Gasteiger partial charge in [-0.25, -0.2) is 0 Å². The first-order valence-electron chi connectivity index (χ1n) is 10.3.